The summed E-state index contributed by atoms with van der Waals surface area (Å²) in [6.45, 7) is 2.29. The van der Waals surface area contributed by atoms with Crippen molar-refractivity contribution in [1.82, 2.24) is 0 Å². The van der Waals surface area contributed by atoms with Crippen LogP contribution in [0.25, 0.3) is 0 Å². The van der Waals surface area contributed by atoms with E-state index in [1.807, 2.05) is 37.3 Å². The molecule has 0 radical (unpaired) electrons. The van der Waals surface area contributed by atoms with E-state index in [0.717, 1.165) is 12.0 Å². The lowest BCUT2D eigenvalue weighted by Crippen LogP contribution is -2.43. The van der Waals surface area contributed by atoms with E-state index in [2.05, 4.69) is 0 Å². The van der Waals surface area contributed by atoms with Gasteiger partial charge < -0.3 is 15.2 Å². The van der Waals surface area contributed by atoms with Crippen LogP contribution in [0, 0.1) is 0 Å². The third kappa shape index (κ3) is 1.54. The molecule has 0 aromatic heterocycles. The number of nitrogens with two attached hydrogens (primary N) is 1. The minimum atomic E-state index is -0.665. The van der Waals surface area contributed by atoms with E-state index in [1.54, 1.807) is 0 Å². The minimum Gasteiger partial charge on any atom is -0.343 e. The normalized spacial score (nSPS) is 32.0. The number of benzene rings is 1. The highest BCUT2D eigenvalue weighted by atomic mass is 16.7. The SMILES string of the molecule is CCC1(N)OCOC1c1ccccc1. The zero-order chi connectivity index (χ0) is 10.0. The predicted molar refractivity (Wildman–Crippen MR) is 53.4 cm³/mol. The van der Waals surface area contributed by atoms with Crippen LogP contribution in [0.1, 0.15) is 25.0 Å². The van der Waals surface area contributed by atoms with Gasteiger partial charge in [0.1, 0.15) is 18.6 Å². The molecule has 0 spiro atoms. The van der Waals surface area contributed by atoms with Gasteiger partial charge in [0.25, 0.3) is 0 Å². The summed E-state index contributed by atoms with van der Waals surface area (Å²) in [6, 6.07) is 9.96. The third-order valence-corrected chi connectivity index (χ3v) is 2.66. The van der Waals surface area contributed by atoms with E-state index in [0.29, 0.717) is 0 Å². The van der Waals surface area contributed by atoms with Crippen molar-refractivity contribution in [1.29, 1.82) is 0 Å². The monoisotopic (exact) mass is 193 g/mol. The molecule has 1 heterocycles. The maximum Gasteiger partial charge on any atom is 0.150 e. The maximum absolute atomic E-state index is 6.09. The lowest BCUT2D eigenvalue weighted by Gasteiger charge is -2.26. The molecule has 14 heavy (non-hydrogen) atoms. The van der Waals surface area contributed by atoms with Crippen LogP contribution in [0.3, 0.4) is 0 Å². The summed E-state index contributed by atoms with van der Waals surface area (Å²) in [7, 11) is 0. The second-order valence-electron chi connectivity index (χ2n) is 3.53. The van der Waals surface area contributed by atoms with Gasteiger partial charge in [0.15, 0.2) is 0 Å². The first kappa shape index (κ1) is 9.65. The van der Waals surface area contributed by atoms with Crippen LogP contribution in [0.15, 0.2) is 30.3 Å². The molecule has 1 aliphatic rings. The lowest BCUT2D eigenvalue weighted by atomic mass is 9.97. The summed E-state index contributed by atoms with van der Waals surface area (Å²) in [4.78, 5) is 0. The van der Waals surface area contributed by atoms with E-state index >= 15 is 0 Å². The molecular weight excluding hydrogens is 178 g/mol. The topological polar surface area (TPSA) is 44.5 Å². The molecule has 3 heteroatoms. The number of hydrogen-bond acceptors (Lipinski definition) is 3. The molecule has 1 saturated heterocycles. The summed E-state index contributed by atoms with van der Waals surface area (Å²) in [5.74, 6) is 0. The summed E-state index contributed by atoms with van der Waals surface area (Å²) in [5.41, 5.74) is 6.50. The van der Waals surface area contributed by atoms with Gasteiger partial charge in [0.05, 0.1) is 0 Å². The fourth-order valence-corrected chi connectivity index (χ4v) is 1.72. The molecule has 1 aliphatic heterocycles. The number of rotatable bonds is 2. The van der Waals surface area contributed by atoms with Crippen molar-refractivity contribution in [3.8, 4) is 0 Å². The molecule has 0 bridgehead atoms. The van der Waals surface area contributed by atoms with Gasteiger partial charge in [-0.15, -0.1) is 0 Å². The Bertz CT molecular complexity index is 301. The molecule has 1 fully saturated rings. The Morgan fingerprint density at radius 3 is 2.79 bits per heavy atom. The van der Waals surface area contributed by atoms with Crippen molar-refractivity contribution >= 4 is 0 Å². The smallest absolute Gasteiger partial charge is 0.150 e. The molecule has 0 amide bonds. The minimum absolute atomic E-state index is 0.145. The van der Waals surface area contributed by atoms with Gasteiger partial charge in [-0.1, -0.05) is 37.3 Å². The number of hydrogen-bond donors (Lipinski definition) is 1. The average molecular weight is 193 g/mol. The van der Waals surface area contributed by atoms with Crippen molar-refractivity contribution in [2.24, 2.45) is 5.73 Å². The van der Waals surface area contributed by atoms with Gasteiger partial charge >= 0.3 is 0 Å². The molecule has 0 aliphatic carbocycles. The molecule has 0 saturated carbocycles. The van der Waals surface area contributed by atoms with Gasteiger partial charge in [0, 0.05) is 0 Å². The highest BCUT2D eigenvalue weighted by Gasteiger charge is 2.41. The van der Waals surface area contributed by atoms with Crippen LogP contribution in [-0.2, 0) is 9.47 Å². The van der Waals surface area contributed by atoms with E-state index < -0.39 is 5.72 Å². The van der Waals surface area contributed by atoms with Crippen molar-refractivity contribution in [3.63, 3.8) is 0 Å². The highest BCUT2D eigenvalue weighted by Crippen LogP contribution is 2.36. The van der Waals surface area contributed by atoms with Crippen molar-refractivity contribution in [2.45, 2.75) is 25.2 Å². The van der Waals surface area contributed by atoms with Gasteiger partial charge in [-0.25, -0.2) is 0 Å². The Morgan fingerprint density at radius 1 is 1.43 bits per heavy atom. The molecule has 2 unspecified atom stereocenters. The molecular formula is C11H15NO2. The fourth-order valence-electron chi connectivity index (χ4n) is 1.72. The first-order valence-electron chi connectivity index (χ1n) is 4.85. The second-order valence-corrected chi connectivity index (χ2v) is 3.53. The fraction of sp³-hybridized carbons (Fsp3) is 0.455. The molecule has 1 aromatic carbocycles. The van der Waals surface area contributed by atoms with E-state index in [-0.39, 0.29) is 12.9 Å². The zero-order valence-electron chi connectivity index (χ0n) is 8.27. The highest BCUT2D eigenvalue weighted by molar-refractivity contribution is 5.20. The van der Waals surface area contributed by atoms with E-state index in [9.17, 15) is 0 Å². The number of ether oxygens (including phenoxy) is 2. The van der Waals surface area contributed by atoms with Gasteiger partial charge in [-0.2, -0.15) is 0 Å². The molecule has 2 rings (SSSR count). The Morgan fingerprint density at radius 2 is 2.14 bits per heavy atom. The van der Waals surface area contributed by atoms with Gasteiger partial charge in [-0.3, -0.25) is 0 Å². The lowest BCUT2D eigenvalue weighted by molar-refractivity contribution is -0.00922. The van der Waals surface area contributed by atoms with Crippen LogP contribution < -0.4 is 5.73 Å². The standard InChI is InChI=1S/C11H15NO2/c1-2-11(12)10(13-8-14-11)9-6-4-3-5-7-9/h3-7,10H,2,8,12H2,1H3. The van der Waals surface area contributed by atoms with Gasteiger partial charge in [-0.05, 0) is 12.0 Å². The van der Waals surface area contributed by atoms with Crippen molar-refractivity contribution in [3.05, 3.63) is 35.9 Å². The first-order chi connectivity index (χ1) is 6.76. The van der Waals surface area contributed by atoms with Crippen LogP contribution in [-0.4, -0.2) is 12.5 Å². The Labute approximate surface area is 83.8 Å². The predicted octanol–water partition coefficient (Wildman–Crippen LogP) is 1.80. The molecule has 3 nitrogen and oxygen atoms in total. The summed E-state index contributed by atoms with van der Waals surface area (Å²) in [5, 5.41) is 0. The third-order valence-electron chi connectivity index (χ3n) is 2.66. The van der Waals surface area contributed by atoms with E-state index in [4.69, 9.17) is 15.2 Å². The molecule has 1 aromatic rings. The van der Waals surface area contributed by atoms with Crippen molar-refractivity contribution < 1.29 is 9.47 Å². The van der Waals surface area contributed by atoms with E-state index in [1.165, 1.54) is 0 Å². The molecule has 76 valence electrons. The summed E-state index contributed by atoms with van der Waals surface area (Å²) < 4.78 is 10.9. The van der Waals surface area contributed by atoms with Crippen LogP contribution in [0.4, 0.5) is 0 Å². The van der Waals surface area contributed by atoms with Crippen LogP contribution in [0.2, 0.25) is 0 Å². The quantitative estimate of drug-likeness (QED) is 0.778. The Hall–Kier alpha value is -0.900. The van der Waals surface area contributed by atoms with Crippen LogP contribution >= 0.6 is 0 Å². The summed E-state index contributed by atoms with van der Waals surface area (Å²) >= 11 is 0. The summed E-state index contributed by atoms with van der Waals surface area (Å²) in [6.07, 6.45) is 0.598. The zero-order valence-corrected chi connectivity index (χ0v) is 8.27. The molecule has 2 N–H and O–H groups in total. The Balaban J connectivity index is 2.26. The van der Waals surface area contributed by atoms with Gasteiger partial charge in [0.2, 0.25) is 0 Å². The van der Waals surface area contributed by atoms with Crippen LogP contribution in [0.5, 0.6) is 0 Å². The van der Waals surface area contributed by atoms with Crippen molar-refractivity contribution in [2.75, 3.05) is 6.79 Å². The second kappa shape index (κ2) is 3.69. The molecule has 2 atom stereocenters. The maximum atomic E-state index is 6.09. The average Bonchev–Trinajstić information content (AvgIpc) is 2.63. The largest absolute Gasteiger partial charge is 0.343 e. The Kier molecular flexibility index (Phi) is 2.54. The first-order valence-corrected chi connectivity index (χ1v) is 4.85.